The van der Waals surface area contributed by atoms with Crippen molar-refractivity contribution in [3.8, 4) is 11.5 Å². The van der Waals surface area contributed by atoms with E-state index in [2.05, 4.69) is 5.32 Å². The molecule has 0 saturated carbocycles. The van der Waals surface area contributed by atoms with Crippen LogP contribution in [-0.2, 0) is 4.79 Å². The summed E-state index contributed by atoms with van der Waals surface area (Å²) in [5.41, 5.74) is 0.241. The van der Waals surface area contributed by atoms with Crippen LogP contribution in [0.25, 0.3) is 0 Å². The lowest BCUT2D eigenvalue weighted by molar-refractivity contribution is -0.384. The van der Waals surface area contributed by atoms with E-state index in [1.54, 1.807) is 24.3 Å². The van der Waals surface area contributed by atoms with E-state index in [-0.39, 0.29) is 18.0 Å². The van der Waals surface area contributed by atoms with E-state index in [0.717, 1.165) is 12.1 Å². The van der Waals surface area contributed by atoms with Crippen LogP contribution in [0, 0.1) is 10.1 Å². The molecule has 0 aliphatic heterocycles. The minimum absolute atomic E-state index is 0.0421. The van der Waals surface area contributed by atoms with Gasteiger partial charge in [0.2, 0.25) is 0 Å². The lowest BCUT2D eigenvalue weighted by atomic mass is 10.2. The minimum atomic E-state index is -0.655. The van der Waals surface area contributed by atoms with E-state index < -0.39 is 16.6 Å². The molecule has 8 heteroatoms. The van der Waals surface area contributed by atoms with Crippen LogP contribution in [-0.4, -0.2) is 28.8 Å². The number of phenols is 1. The van der Waals surface area contributed by atoms with E-state index >= 15 is 0 Å². The maximum Gasteiger partial charge on any atom is 0.273 e. The number of nitro benzene ring substituents is 1. The van der Waals surface area contributed by atoms with Crippen LogP contribution in [0.1, 0.15) is 10.4 Å². The molecule has 0 aliphatic carbocycles. The van der Waals surface area contributed by atoms with Crippen molar-refractivity contribution >= 4 is 23.6 Å². The summed E-state index contributed by atoms with van der Waals surface area (Å²) in [4.78, 5) is 32.2. The topological polar surface area (TPSA) is 119 Å². The van der Waals surface area contributed by atoms with Crippen molar-refractivity contribution in [1.82, 2.24) is 0 Å². The van der Waals surface area contributed by atoms with E-state index in [9.17, 15) is 24.8 Å². The molecule has 2 N–H and O–H groups in total. The molecule has 0 saturated heterocycles. The molecule has 23 heavy (non-hydrogen) atoms. The Morgan fingerprint density at radius 2 is 1.96 bits per heavy atom. The van der Waals surface area contributed by atoms with Gasteiger partial charge < -0.3 is 15.2 Å². The number of phenolic OH excluding ortho intramolecular Hbond substituents is 1. The monoisotopic (exact) mass is 316 g/mol. The molecule has 0 spiro atoms. The summed E-state index contributed by atoms with van der Waals surface area (Å²) in [5.74, 6) is -0.560. The molecule has 0 unspecified atom stereocenters. The number of carbonyl (C=O) groups excluding carboxylic acids is 2. The second-order valence-electron chi connectivity index (χ2n) is 4.48. The standard InChI is InChI=1S/C15H12N2O6/c18-8-10-1-4-12(5-2-10)23-9-15(20)16-13-6-3-11(17(21)22)7-14(13)19/h1-8,19H,9H2,(H,16,20). The molecule has 0 aromatic heterocycles. The molecule has 0 atom stereocenters. The molecule has 0 radical (unpaired) electrons. The maximum atomic E-state index is 11.7. The Kier molecular flexibility index (Phi) is 4.88. The van der Waals surface area contributed by atoms with Gasteiger partial charge in [-0.05, 0) is 30.3 Å². The summed E-state index contributed by atoms with van der Waals surface area (Å²) in [6, 6.07) is 9.50. The highest BCUT2D eigenvalue weighted by Gasteiger charge is 2.12. The Bertz CT molecular complexity index is 742. The molecule has 2 aromatic carbocycles. The number of hydrogen-bond donors (Lipinski definition) is 2. The van der Waals surface area contributed by atoms with Crippen LogP contribution in [0.15, 0.2) is 42.5 Å². The summed E-state index contributed by atoms with van der Waals surface area (Å²) in [7, 11) is 0. The first-order chi connectivity index (χ1) is 11.0. The number of amides is 1. The second kappa shape index (κ2) is 7.03. The summed E-state index contributed by atoms with van der Waals surface area (Å²) in [6.45, 7) is -0.323. The normalized spacial score (nSPS) is 9.91. The highest BCUT2D eigenvalue weighted by molar-refractivity contribution is 5.93. The molecule has 8 nitrogen and oxygen atoms in total. The van der Waals surface area contributed by atoms with Crippen LogP contribution in [0.3, 0.4) is 0 Å². The average molecular weight is 316 g/mol. The fourth-order valence-electron chi connectivity index (χ4n) is 1.72. The van der Waals surface area contributed by atoms with Crippen molar-refractivity contribution in [2.45, 2.75) is 0 Å². The smallest absolute Gasteiger partial charge is 0.273 e. The van der Waals surface area contributed by atoms with E-state index in [4.69, 9.17) is 4.74 Å². The van der Waals surface area contributed by atoms with Gasteiger partial charge in [-0.3, -0.25) is 19.7 Å². The number of nitro groups is 1. The third kappa shape index (κ3) is 4.27. The van der Waals surface area contributed by atoms with Crippen molar-refractivity contribution in [3.63, 3.8) is 0 Å². The molecule has 0 aliphatic rings. The fourth-order valence-corrected chi connectivity index (χ4v) is 1.72. The fraction of sp³-hybridized carbons (Fsp3) is 0.0667. The van der Waals surface area contributed by atoms with Crippen molar-refractivity contribution in [2.75, 3.05) is 11.9 Å². The molecular weight excluding hydrogens is 304 g/mol. The molecule has 2 rings (SSSR count). The number of benzene rings is 2. The Hall–Kier alpha value is -3.42. The molecular formula is C15H12N2O6. The quantitative estimate of drug-likeness (QED) is 0.365. The number of non-ortho nitro benzene ring substituents is 1. The number of ether oxygens (including phenoxy) is 1. The lowest BCUT2D eigenvalue weighted by Crippen LogP contribution is -2.20. The lowest BCUT2D eigenvalue weighted by Gasteiger charge is -2.08. The number of aromatic hydroxyl groups is 1. The minimum Gasteiger partial charge on any atom is -0.506 e. The summed E-state index contributed by atoms with van der Waals surface area (Å²) < 4.78 is 5.22. The molecule has 118 valence electrons. The predicted octanol–water partition coefficient (Wildman–Crippen LogP) is 2.13. The zero-order chi connectivity index (χ0) is 16.8. The third-order valence-electron chi connectivity index (χ3n) is 2.85. The highest BCUT2D eigenvalue weighted by atomic mass is 16.6. The number of nitrogens with one attached hydrogen (secondary N) is 1. The first kappa shape index (κ1) is 16.0. The largest absolute Gasteiger partial charge is 0.506 e. The summed E-state index contributed by atoms with van der Waals surface area (Å²) >= 11 is 0. The van der Waals surface area contributed by atoms with Crippen molar-refractivity contribution in [2.24, 2.45) is 0 Å². The Balaban J connectivity index is 1.94. The van der Waals surface area contributed by atoms with Gasteiger partial charge in [0.05, 0.1) is 16.7 Å². The van der Waals surface area contributed by atoms with E-state index in [1.165, 1.54) is 6.07 Å². The SMILES string of the molecule is O=Cc1ccc(OCC(=O)Nc2ccc([N+](=O)[O-])cc2O)cc1. The summed E-state index contributed by atoms with van der Waals surface area (Å²) in [6.07, 6.45) is 0.688. The van der Waals surface area contributed by atoms with Gasteiger partial charge in [-0.25, -0.2) is 0 Å². The van der Waals surface area contributed by atoms with Gasteiger partial charge in [0, 0.05) is 11.6 Å². The summed E-state index contributed by atoms with van der Waals surface area (Å²) in [5, 5.41) is 22.6. The van der Waals surface area contributed by atoms with Crippen molar-refractivity contribution in [3.05, 3.63) is 58.1 Å². The zero-order valence-corrected chi connectivity index (χ0v) is 11.8. The molecule has 0 fully saturated rings. The molecule has 1 amide bonds. The first-order valence-electron chi connectivity index (χ1n) is 6.45. The molecule has 0 bridgehead atoms. The Morgan fingerprint density at radius 3 is 2.52 bits per heavy atom. The maximum absolute atomic E-state index is 11.7. The number of carbonyl (C=O) groups is 2. The van der Waals surface area contributed by atoms with Gasteiger partial charge >= 0.3 is 0 Å². The van der Waals surface area contributed by atoms with E-state index in [0.29, 0.717) is 17.6 Å². The van der Waals surface area contributed by atoms with Gasteiger partial charge in [0.15, 0.2) is 6.61 Å². The van der Waals surface area contributed by atoms with Crippen LogP contribution in [0.4, 0.5) is 11.4 Å². The number of nitrogens with zero attached hydrogens (tertiary/aromatic N) is 1. The molecule has 0 heterocycles. The third-order valence-corrected chi connectivity index (χ3v) is 2.85. The second-order valence-corrected chi connectivity index (χ2v) is 4.48. The number of rotatable bonds is 6. The first-order valence-corrected chi connectivity index (χ1v) is 6.45. The van der Waals surface area contributed by atoms with Crippen LogP contribution in [0.2, 0.25) is 0 Å². The van der Waals surface area contributed by atoms with Crippen LogP contribution >= 0.6 is 0 Å². The Labute approximate surface area is 130 Å². The van der Waals surface area contributed by atoms with Gasteiger partial charge in [0.1, 0.15) is 17.8 Å². The predicted molar refractivity (Wildman–Crippen MR) is 80.7 cm³/mol. The Morgan fingerprint density at radius 1 is 1.26 bits per heavy atom. The number of hydrogen-bond acceptors (Lipinski definition) is 6. The van der Waals surface area contributed by atoms with Gasteiger partial charge in [-0.1, -0.05) is 0 Å². The zero-order valence-electron chi connectivity index (χ0n) is 11.8. The number of aldehydes is 1. The van der Waals surface area contributed by atoms with Gasteiger partial charge in [-0.2, -0.15) is 0 Å². The van der Waals surface area contributed by atoms with Crippen molar-refractivity contribution < 1.29 is 24.4 Å². The van der Waals surface area contributed by atoms with Gasteiger partial charge in [-0.15, -0.1) is 0 Å². The van der Waals surface area contributed by atoms with Crippen LogP contribution < -0.4 is 10.1 Å². The van der Waals surface area contributed by atoms with E-state index in [1.807, 2.05) is 0 Å². The number of anilines is 1. The average Bonchev–Trinajstić information content (AvgIpc) is 2.55. The molecule has 2 aromatic rings. The van der Waals surface area contributed by atoms with Crippen molar-refractivity contribution in [1.29, 1.82) is 0 Å². The van der Waals surface area contributed by atoms with Crippen LogP contribution in [0.5, 0.6) is 11.5 Å². The highest BCUT2D eigenvalue weighted by Crippen LogP contribution is 2.27. The van der Waals surface area contributed by atoms with Gasteiger partial charge in [0.25, 0.3) is 11.6 Å².